The zero-order valence-electron chi connectivity index (χ0n) is 10.8. The Morgan fingerprint density at radius 2 is 1.95 bits per heavy atom. The number of hydrogen-bond acceptors (Lipinski definition) is 2. The fourth-order valence-electron chi connectivity index (χ4n) is 2.24. The van der Waals surface area contributed by atoms with Gasteiger partial charge in [-0.25, -0.2) is 8.78 Å². The van der Waals surface area contributed by atoms with Crippen molar-refractivity contribution >= 4 is 12.4 Å². The van der Waals surface area contributed by atoms with Gasteiger partial charge in [-0.3, -0.25) is 0 Å². The SMILES string of the molecule is Cl.Fc1cccc(F)c1COCCC1CCCCN1. The predicted molar refractivity (Wildman–Crippen MR) is 73.5 cm³/mol. The summed E-state index contributed by atoms with van der Waals surface area (Å²) in [5, 5.41) is 3.41. The maximum absolute atomic E-state index is 13.3. The highest BCUT2D eigenvalue weighted by atomic mass is 35.5. The molecular formula is C14H20ClF2NO. The minimum absolute atomic E-state index is 0. The fourth-order valence-corrected chi connectivity index (χ4v) is 2.24. The average Bonchev–Trinajstić information content (AvgIpc) is 2.38. The third kappa shape index (κ3) is 5.05. The lowest BCUT2D eigenvalue weighted by molar-refractivity contribution is 0.104. The third-order valence-corrected chi connectivity index (χ3v) is 3.33. The Labute approximate surface area is 118 Å². The Kier molecular flexibility index (Phi) is 7.28. The van der Waals surface area contributed by atoms with Gasteiger partial charge in [0.1, 0.15) is 11.6 Å². The topological polar surface area (TPSA) is 21.3 Å². The summed E-state index contributed by atoms with van der Waals surface area (Å²) in [7, 11) is 0. The lowest BCUT2D eigenvalue weighted by Gasteiger charge is -2.23. The van der Waals surface area contributed by atoms with Crippen molar-refractivity contribution in [3.05, 3.63) is 35.4 Å². The number of rotatable bonds is 5. The summed E-state index contributed by atoms with van der Waals surface area (Å²) in [4.78, 5) is 0. The summed E-state index contributed by atoms with van der Waals surface area (Å²) < 4.78 is 32.0. The standard InChI is InChI=1S/C14H19F2NO.ClH/c15-13-5-3-6-14(16)12(13)10-18-9-7-11-4-1-2-8-17-11;/h3,5-6,11,17H,1-2,4,7-10H2;1H. The molecule has 0 aliphatic carbocycles. The molecule has 5 heteroatoms. The van der Waals surface area contributed by atoms with Gasteiger partial charge in [-0.15, -0.1) is 12.4 Å². The molecule has 1 unspecified atom stereocenters. The van der Waals surface area contributed by atoms with Crippen LogP contribution in [0.25, 0.3) is 0 Å². The van der Waals surface area contributed by atoms with Crippen LogP contribution in [0.3, 0.4) is 0 Å². The molecule has 0 saturated carbocycles. The van der Waals surface area contributed by atoms with E-state index >= 15 is 0 Å². The van der Waals surface area contributed by atoms with Gasteiger partial charge in [-0.2, -0.15) is 0 Å². The second-order valence-electron chi connectivity index (χ2n) is 4.69. The smallest absolute Gasteiger partial charge is 0.131 e. The van der Waals surface area contributed by atoms with E-state index in [1.807, 2.05) is 0 Å². The van der Waals surface area contributed by atoms with Crippen LogP contribution < -0.4 is 5.32 Å². The van der Waals surface area contributed by atoms with Crippen molar-refractivity contribution in [2.75, 3.05) is 13.2 Å². The van der Waals surface area contributed by atoms with E-state index in [2.05, 4.69) is 5.32 Å². The van der Waals surface area contributed by atoms with E-state index < -0.39 is 11.6 Å². The summed E-state index contributed by atoms with van der Waals surface area (Å²) in [6, 6.07) is 4.36. The fraction of sp³-hybridized carbons (Fsp3) is 0.571. The van der Waals surface area contributed by atoms with Crippen molar-refractivity contribution < 1.29 is 13.5 Å². The summed E-state index contributed by atoms with van der Waals surface area (Å²) >= 11 is 0. The maximum atomic E-state index is 13.3. The van der Waals surface area contributed by atoms with Crippen LogP contribution in [0.1, 0.15) is 31.2 Å². The molecule has 0 amide bonds. The van der Waals surface area contributed by atoms with E-state index in [-0.39, 0.29) is 24.6 Å². The first-order valence-electron chi connectivity index (χ1n) is 6.51. The van der Waals surface area contributed by atoms with Gasteiger partial charge in [0.05, 0.1) is 6.61 Å². The molecule has 2 nitrogen and oxygen atoms in total. The Balaban J connectivity index is 0.00000180. The number of halogens is 3. The Morgan fingerprint density at radius 3 is 2.58 bits per heavy atom. The molecule has 0 radical (unpaired) electrons. The minimum atomic E-state index is -0.536. The van der Waals surface area contributed by atoms with E-state index in [0.717, 1.165) is 19.4 Å². The molecule has 19 heavy (non-hydrogen) atoms. The van der Waals surface area contributed by atoms with Crippen LogP contribution in [0.15, 0.2) is 18.2 Å². The van der Waals surface area contributed by atoms with Crippen molar-refractivity contribution in [2.24, 2.45) is 0 Å². The first-order chi connectivity index (χ1) is 8.77. The lowest BCUT2D eigenvalue weighted by atomic mass is 10.0. The second kappa shape index (κ2) is 8.46. The van der Waals surface area contributed by atoms with Gasteiger partial charge in [0.25, 0.3) is 0 Å². The molecule has 2 rings (SSSR count). The van der Waals surface area contributed by atoms with Gasteiger partial charge in [0.2, 0.25) is 0 Å². The lowest BCUT2D eigenvalue weighted by Crippen LogP contribution is -2.34. The van der Waals surface area contributed by atoms with E-state index in [0.29, 0.717) is 12.6 Å². The molecule has 0 spiro atoms. The molecule has 1 heterocycles. The molecule has 1 aromatic rings. The molecule has 1 saturated heterocycles. The zero-order valence-corrected chi connectivity index (χ0v) is 11.6. The third-order valence-electron chi connectivity index (χ3n) is 3.33. The quantitative estimate of drug-likeness (QED) is 0.839. The monoisotopic (exact) mass is 291 g/mol. The number of benzene rings is 1. The van der Waals surface area contributed by atoms with Gasteiger partial charge in [0.15, 0.2) is 0 Å². The Hall–Kier alpha value is -0.710. The van der Waals surface area contributed by atoms with Crippen LogP contribution in [-0.4, -0.2) is 19.2 Å². The van der Waals surface area contributed by atoms with Gasteiger partial charge in [0, 0.05) is 18.2 Å². The molecule has 1 aliphatic heterocycles. The molecule has 1 aromatic carbocycles. The first kappa shape index (κ1) is 16.3. The Bertz CT molecular complexity index is 363. The highest BCUT2D eigenvalue weighted by Gasteiger charge is 2.12. The van der Waals surface area contributed by atoms with E-state index in [1.165, 1.54) is 31.0 Å². The molecule has 0 bridgehead atoms. The first-order valence-corrected chi connectivity index (χ1v) is 6.51. The summed E-state index contributed by atoms with van der Waals surface area (Å²) in [5.41, 5.74) is 0.0223. The molecule has 1 aliphatic rings. The summed E-state index contributed by atoms with van der Waals surface area (Å²) in [6.07, 6.45) is 4.55. The van der Waals surface area contributed by atoms with Crippen LogP contribution in [-0.2, 0) is 11.3 Å². The van der Waals surface area contributed by atoms with Crippen molar-refractivity contribution in [3.63, 3.8) is 0 Å². The van der Waals surface area contributed by atoms with E-state index in [4.69, 9.17) is 4.74 Å². The summed E-state index contributed by atoms with van der Waals surface area (Å²) in [6.45, 7) is 1.60. The second-order valence-corrected chi connectivity index (χ2v) is 4.69. The maximum Gasteiger partial charge on any atom is 0.131 e. The number of nitrogens with one attached hydrogen (secondary N) is 1. The van der Waals surface area contributed by atoms with Crippen molar-refractivity contribution in [1.29, 1.82) is 0 Å². The normalized spacial score (nSPS) is 18.9. The number of piperidine rings is 1. The molecule has 108 valence electrons. The van der Waals surface area contributed by atoms with E-state index in [9.17, 15) is 8.78 Å². The predicted octanol–water partition coefficient (Wildman–Crippen LogP) is 3.44. The molecule has 0 aromatic heterocycles. The van der Waals surface area contributed by atoms with Crippen molar-refractivity contribution in [1.82, 2.24) is 5.32 Å². The highest BCUT2D eigenvalue weighted by molar-refractivity contribution is 5.85. The summed E-state index contributed by atoms with van der Waals surface area (Å²) in [5.74, 6) is -1.07. The van der Waals surface area contributed by atoms with Gasteiger partial charge in [-0.1, -0.05) is 12.5 Å². The molecule has 1 fully saturated rings. The molecular weight excluding hydrogens is 272 g/mol. The van der Waals surface area contributed by atoms with Crippen LogP contribution in [0.4, 0.5) is 8.78 Å². The van der Waals surface area contributed by atoms with Crippen LogP contribution >= 0.6 is 12.4 Å². The minimum Gasteiger partial charge on any atom is -0.376 e. The zero-order chi connectivity index (χ0) is 12.8. The average molecular weight is 292 g/mol. The van der Waals surface area contributed by atoms with Gasteiger partial charge >= 0.3 is 0 Å². The van der Waals surface area contributed by atoms with E-state index in [1.54, 1.807) is 0 Å². The number of ether oxygens (including phenoxy) is 1. The molecule has 1 N–H and O–H groups in total. The van der Waals surface area contributed by atoms with Crippen molar-refractivity contribution in [2.45, 2.75) is 38.3 Å². The molecule has 1 atom stereocenters. The Morgan fingerprint density at radius 1 is 1.21 bits per heavy atom. The number of hydrogen-bond donors (Lipinski definition) is 1. The van der Waals surface area contributed by atoms with Gasteiger partial charge in [-0.05, 0) is 37.9 Å². The highest BCUT2D eigenvalue weighted by Crippen LogP contribution is 2.14. The van der Waals surface area contributed by atoms with Gasteiger partial charge < -0.3 is 10.1 Å². The van der Waals surface area contributed by atoms with Crippen LogP contribution in [0.2, 0.25) is 0 Å². The largest absolute Gasteiger partial charge is 0.376 e. The van der Waals surface area contributed by atoms with Crippen LogP contribution in [0, 0.1) is 11.6 Å². The van der Waals surface area contributed by atoms with Crippen LogP contribution in [0.5, 0.6) is 0 Å². The van der Waals surface area contributed by atoms with Crippen molar-refractivity contribution in [3.8, 4) is 0 Å².